The van der Waals surface area contributed by atoms with E-state index in [-0.39, 0.29) is 12.5 Å². The van der Waals surface area contributed by atoms with Crippen molar-refractivity contribution in [1.82, 2.24) is 25.2 Å². The fraction of sp³-hybridized carbons (Fsp3) is 0.125. The lowest BCUT2D eigenvalue weighted by Crippen LogP contribution is -2.19. The van der Waals surface area contributed by atoms with Crippen LogP contribution in [0.2, 0.25) is 0 Å². The van der Waals surface area contributed by atoms with Crippen LogP contribution in [0.5, 0.6) is 0 Å². The molecule has 2 aromatic rings. The summed E-state index contributed by atoms with van der Waals surface area (Å²) >= 11 is 3.25. The van der Waals surface area contributed by atoms with Gasteiger partial charge in [-0.15, -0.1) is 5.10 Å². The van der Waals surface area contributed by atoms with Gasteiger partial charge in [-0.25, -0.2) is 9.67 Å². The molecule has 0 atom stereocenters. The summed E-state index contributed by atoms with van der Waals surface area (Å²) in [4.78, 5) is 15.5. The number of tetrazole rings is 1. The van der Waals surface area contributed by atoms with Crippen LogP contribution in [0.3, 0.4) is 0 Å². The summed E-state index contributed by atoms with van der Waals surface area (Å²) in [6.07, 6.45) is 2.97. The summed E-state index contributed by atoms with van der Waals surface area (Å²) in [6.45, 7) is 0.0603. The molecule has 0 aromatic carbocycles. The first-order chi connectivity index (χ1) is 7.74. The van der Waals surface area contributed by atoms with Crippen molar-refractivity contribution < 1.29 is 4.79 Å². The van der Waals surface area contributed by atoms with E-state index in [1.54, 1.807) is 18.3 Å². The Morgan fingerprint density at radius 3 is 3.00 bits per heavy atom. The standard InChI is InChI=1S/C8H7BrN6O/c9-6-1-2-7(10-3-6)12-8(16)4-15-5-11-13-14-15/h1-3,5H,4H2,(H,10,12,16). The summed E-state index contributed by atoms with van der Waals surface area (Å²) in [5.41, 5.74) is 0. The number of hydrogen-bond donors (Lipinski definition) is 1. The maximum absolute atomic E-state index is 11.5. The summed E-state index contributed by atoms with van der Waals surface area (Å²) in [6, 6.07) is 3.49. The van der Waals surface area contributed by atoms with Gasteiger partial charge in [0.25, 0.3) is 0 Å². The van der Waals surface area contributed by atoms with Gasteiger partial charge in [0.05, 0.1) is 0 Å². The first kappa shape index (κ1) is 10.7. The maximum Gasteiger partial charge on any atom is 0.247 e. The van der Waals surface area contributed by atoms with Crippen LogP contribution in [0.25, 0.3) is 0 Å². The van der Waals surface area contributed by atoms with Crippen molar-refractivity contribution in [2.75, 3.05) is 5.32 Å². The number of pyridine rings is 1. The fourth-order valence-electron chi connectivity index (χ4n) is 1.03. The third kappa shape index (κ3) is 2.83. The topological polar surface area (TPSA) is 85.6 Å². The molecule has 2 aromatic heterocycles. The molecular formula is C8H7BrN6O. The summed E-state index contributed by atoms with van der Waals surface area (Å²) < 4.78 is 2.18. The van der Waals surface area contributed by atoms with Gasteiger partial charge >= 0.3 is 0 Å². The molecule has 2 heterocycles. The predicted molar refractivity (Wildman–Crippen MR) is 58.4 cm³/mol. The zero-order valence-electron chi connectivity index (χ0n) is 8.04. The van der Waals surface area contributed by atoms with Crippen molar-refractivity contribution >= 4 is 27.7 Å². The number of hydrogen-bond acceptors (Lipinski definition) is 5. The molecule has 82 valence electrons. The van der Waals surface area contributed by atoms with Gasteiger partial charge in [0.1, 0.15) is 18.7 Å². The fourth-order valence-corrected chi connectivity index (χ4v) is 1.27. The maximum atomic E-state index is 11.5. The third-order valence-electron chi connectivity index (χ3n) is 1.69. The Morgan fingerprint density at radius 2 is 2.38 bits per heavy atom. The second-order valence-corrected chi connectivity index (χ2v) is 3.83. The Bertz CT molecular complexity index is 468. The summed E-state index contributed by atoms with van der Waals surface area (Å²) in [5, 5.41) is 13.0. The van der Waals surface area contributed by atoms with Crippen LogP contribution >= 0.6 is 15.9 Å². The molecule has 16 heavy (non-hydrogen) atoms. The minimum absolute atomic E-state index is 0.0603. The van der Waals surface area contributed by atoms with E-state index in [0.29, 0.717) is 5.82 Å². The van der Waals surface area contributed by atoms with E-state index in [2.05, 4.69) is 41.8 Å². The van der Waals surface area contributed by atoms with E-state index < -0.39 is 0 Å². The molecule has 0 aliphatic carbocycles. The zero-order chi connectivity index (χ0) is 11.4. The SMILES string of the molecule is O=C(Cn1cnnn1)Nc1ccc(Br)cn1. The van der Waals surface area contributed by atoms with Gasteiger partial charge in [0.15, 0.2) is 0 Å². The summed E-state index contributed by atoms with van der Waals surface area (Å²) in [5.74, 6) is 0.253. The Kier molecular flexibility index (Phi) is 3.20. The smallest absolute Gasteiger partial charge is 0.247 e. The molecule has 0 unspecified atom stereocenters. The molecule has 1 amide bonds. The highest BCUT2D eigenvalue weighted by atomic mass is 79.9. The Labute approximate surface area is 99.0 Å². The van der Waals surface area contributed by atoms with Crippen LogP contribution in [0, 0.1) is 0 Å². The van der Waals surface area contributed by atoms with Gasteiger partial charge in [0.2, 0.25) is 5.91 Å². The van der Waals surface area contributed by atoms with Crippen LogP contribution in [0.1, 0.15) is 0 Å². The number of nitrogens with zero attached hydrogens (tertiary/aromatic N) is 5. The molecule has 7 nitrogen and oxygen atoms in total. The van der Waals surface area contributed by atoms with Crippen LogP contribution in [-0.4, -0.2) is 31.1 Å². The quantitative estimate of drug-likeness (QED) is 0.885. The lowest BCUT2D eigenvalue weighted by Gasteiger charge is -2.03. The van der Waals surface area contributed by atoms with E-state index in [1.165, 1.54) is 11.0 Å². The lowest BCUT2D eigenvalue weighted by atomic mass is 10.4. The molecule has 1 N–H and O–H groups in total. The van der Waals surface area contributed by atoms with Crippen molar-refractivity contribution in [3.05, 3.63) is 29.1 Å². The van der Waals surface area contributed by atoms with Crippen molar-refractivity contribution in [3.63, 3.8) is 0 Å². The predicted octanol–water partition coefficient (Wildman–Crippen LogP) is 0.469. The number of amides is 1. The van der Waals surface area contributed by atoms with E-state index in [0.717, 1.165) is 4.47 Å². The average Bonchev–Trinajstić information content (AvgIpc) is 2.74. The molecule has 2 rings (SSSR count). The molecule has 0 saturated carbocycles. The molecule has 0 spiro atoms. The van der Waals surface area contributed by atoms with Crippen LogP contribution < -0.4 is 5.32 Å². The van der Waals surface area contributed by atoms with Gasteiger partial charge in [-0.2, -0.15) is 0 Å². The molecule has 0 aliphatic heterocycles. The minimum atomic E-state index is -0.234. The number of aromatic nitrogens is 5. The van der Waals surface area contributed by atoms with Gasteiger partial charge < -0.3 is 5.32 Å². The highest BCUT2D eigenvalue weighted by molar-refractivity contribution is 9.10. The van der Waals surface area contributed by atoms with Crippen molar-refractivity contribution in [3.8, 4) is 0 Å². The highest BCUT2D eigenvalue weighted by Gasteiger charge is 2.04. The number of anilines is 1. The van der Waals surface area contributed by atoms with E-state index in [1.807, 2.05) is 0 Å². The highest BCUT2D eigenvalue weighted by Crippen LogP contribution is 2.10. The Morgan fingerprint density at radius 1 is 1.50 bits per heavy atom. The largest absolute Gasteiger partial charge is 0.309 e. The van der Waals surface area contributed by atoms with Gasteiger partial charge in [-0.1, -0.05) is 0 Å². The average molecular weight is 283 g/mol. The van der Waals surface area contributed by atoms with Crippen molar-refractivity contribution in [1.29, 1.82) is 0 Å². The van der Waals surface area contributed by atoms with Gasteiger partial charge in [0, 0.05) is 10.7 Å². The number of carbonyl (C=O) groups excluding carboxylic acids is 1. The number of rotatable bonds is 3. The normalized spacial score (nSPS) is 10.1. The molecule has 0 saturated heterocycles. The first-order valence-electron chi connectivity index (χ1n) is 4.36. The Hall–Kier alpha value is -1.83. The molecular weight excluding hydrogens is 276 g/mol. The summed E-state index contributed by atoms with van der Waals surface area (Å²) in [7, 11) is 0. The molecule has 0 radical (unpaired) electrons. The monoisotopic (exact) mass is 282 g/mol. The number of nitrogens with one attached hydrogen (secondary N) is 1. The van der Waals surface area contributed by atoms with Gasteiger partial charge in [-0.05, 0) is 38.5 Å². The van der Waals surface area contributed by atoms with Crippen molar-refractivity contribution in [2.24, 2.45) is 0 Å². The number of carbonyl (C=O) groups is 1. The van der Waals surface area contributed by atoms with Crippen LogP contribution in [-0.2, 0) is 11.3 Å². The first-order valence-corrected chi connectivity index (χ1v) is 5.15. The number of halogens is 1. The molecule has 0 bridgehead atoms. The molecule has 8 heteroatoms. The van der Waals surface area contributed by atoms with Gasteiger partial charge in [-0.3, -0.25) is 4.79 Å². The van der Waals surface area contributed by atoms with Crippen molar-refractivity contribution in [2.45, 2.75) is 6.54 Å². The lowest BCUT2D eigenvalue weighted by molar-refractivity contribution is -0.116. The molecule has 0 aliphatic rings. The van der Waals surface area contributed by atoms with E-state index >= 15 is 0 Å². The van der Waals surface area contributed by atoms with E-state index in [9.17, 15) is 4.79 Å². The second kappa shape index (κ2) is 4.79. The Balaban J connectivity index is 1.95. The third-order valence-corrected chi connectivity index (χ3v) is 2.16. The van der Waals surface area contributed by atoms with Crippen LogP contribution in [0.15, 0.2) is 29.1 Å². The van der Waals surface area contributed by atoms with E-state index in [4.69, 9.17) is 0 Å². The second-order valence-electron chi connectivity index (χ2n) is 2.92. The minimum Gasteiger partial charge on any atom is -0.309 e. The molecule has 0 fully saturated rings. The van der Waals surface area contributed by atoms with Crippen LogP contribution in [0.4, 0.5) is 5.82 Å². The zero-order valence-corrected chi connectivity index (χ0v) is 9.62.